The van der Waals surface area contributed by atoms with Crippen LogP contribution in [0.5, 0.6) is 23.2 Å². The lowest BCUT2D eigenvalue weighted by Crippen LogP contribution is -2.39. The molecular formula is C31H24N4O6S. The van der Waals surface area contributed by atoms with Gasteiger partial charge in [-0.25, -0.2) is 4.98 Å². The van der Waals surface area contributed by atoms with E-state index in [1.165, 1.54) is 7.11 Å². The zero-order chi connectivity index (χ0) is 29.6. The number of hydrogen-bond donors (Lipinski definition) is 0. The van der Waals surface area contributed by atoms with Gasteiger partial charge in [-0.15, -0.1) is 0 Å². The van der Waals surface area contributed by atoms with Crippen molar-refractivity contribution in [2.24, 2.45) is 0 Å². The van der Waals surface area contributed by atoms with E-state index in [-0.39, 0.29) is 17.0 Å². The van der Waals surface area contributed by atoms with E-state index in [0.717, 1.165) is 22.0 Å². The maximum Gasteiger partial charge on any atom is 0.307 e. The largest absolute Gasteiger partial charge is 0.539 e. The summed E-state index contributed by atoms with van der Waals surface area (Å²) in [5.41, 5.74) is 3.03. The van der Waals surface area contributed by atoms with E-state index < -0.39 is 11.7 Å². The zero-order valence-corrected chi connectivity index (χ0v) is 23.7. The lowest BCUT2D eigenvalue weighted by molar-refractivity contribution is -0.672. The lowest BCUT2D eigenvalue weighted by Gasteiger charge is -2.15. The average molecular weight is 581 g/mol. The number of nitrogens with zero attached hydrogens (tertiary/aromatic N) is 4. The molecule has 0 bridgehead atoms. The number of carbonyl (C=O) groups excluding carboxylic acids is 1. The molecule has 5 rings (SSSR count). The molecule has 5 aromatic rings. The highest BCUT2D eigenvalue weighted by atomic mass is 32.2. The number of aromatic nitrogens is 3. The van der Waals surface area contributed by atoms with Crippen LogP contribution in [0.2, 0.25) is 0 Å². The second kappa shape index (κ2) is 12.4. The van der Waals surface area contributed by atoms with E-state index in [1.807, 2.05) is 36.4 Å². The molecule has 3 aromatic carbocycles. The van der Waals surface area contributed by atoms with Crippen molar-refractivity contribution >= 4 is 17.5 Å². The molecule has 0 unspecified atom stereocenters. The first-order valence-electron chi connectivity index (χ1n) is 12.6. The van der Waals surface area contributed by atoms with Crippen molar-refractivity contribution in [1.29, 1.82) is 5.26 Å². The molecule has 0 spiro atoms. The fraction of sp³-hybridized carbons (Fsp3) is 0.129. The van der Waals surface area contributed by atoms with Crippen molar-refractivity contribution in [3.63, 3.8) is 0 Å². The normalized spacial score (nSPS) is 10.6. The van der Waals surface area contributed by atoms with E-state index >= 15 is 0 Å². The Morgan fingerprint density at radius 3 is 2.33 bits per heavy atom. The molecular weight excluding hydrogens is 556 g/mol. The first-order valence-corrected chi connectivity index (χ1v) is 13.6. The maximum absolute atomic E-state index is 13.4. The molecule has 10 nitrogen and oxygen atoms in total. The van der Waals surface area contributed by atoms with Crippen molar-refractivity contribution in [3.05, 3.63) is 90.1 Å². The van der Waals surface area contributed by atoms with Gasteiger partial charge in [-0.1, -0.05) is 42.1 Å². The molecule has 11 heteroatoms. The van der Waals surface area contributed by atoms with Gasteiger partial charge in [0.25, 0.3) is 0 Å². The van der Waals surface area contributed by atoms with E-state index in [0.29, 0.717) is 44.8 Å². The number of ether oxygens (including phenoxy) is 3. The van der Waals surface area contributed by atoms with Gasteiger partial charge < -0.3 is 23.8 Å². The highest BCUT2D eigenvalue weighted by Crippen LogP contribution is 2.40. The third-order valence-corrected chi connectivity index (χ3v) is 7.37. The van der Waals surface area contributed by atoms with E-state index in [9.17, 15) is 15.2 Å². The quantitative estimate of drug-likeness (QED) is 0.131. The lowest BCUT2D eigenvalue weighted by atomic mass is 9.98. The Labute approximate surface area is 245 Å². The van der Waals surface area contributed by atoms with Crippen molar-refractivity contribution in [2.45, 2.75) is 5.03 Å². The van der Waals surface area contributed by atoms with Crippen LogP contribution >= 0.6 is 11.8 Å². The Kier molecular flexibility index (Phi) is 8.36. The van der Waals surface area contributed by atoms with Crippen LogP contribution in [0, 0.1) is 11.3 Å². The summed E-state index contributed by atoms with van der Waals surface area (Å²) >= 11 is 1.04. The SMILES string of the molecule is COc1ccc(-[n+]2noc([O-])c2C(=O)CSc2nc(-c3ccccc3)cc(-c3cc(OC)ccc3OC)c2C#N)cc1. The highest BCUT2D eigenvalue weighted by Gasteiger charge is 2.28. The fourth-order valence-corrected chi connectivity index (χ4v) is 5.18. The number of benzene rings is 3. The Hall–Kier alpha value is -5.34. The minimum atomic E-state index is -0.871. The third-order valence-electron chi connectivity index (χ3n) is 6.40. The minimum Gasteiger partial charge on any atom is -0.539 e. The van der Waals surface area contributed by atoms with Crippen LogP contribution in [-0.4, -0.2) is 43.1 Å². The summed E-state index contributed by atoms with van der Waals surface area (Å²) < 4.78 is 22.2. The number of pyridine rings is 1. The Morgan fingerprint density at radius 2 is 1.67 bits per heavy atom. The first-order chi connectivity index (χ1) is 20.5. The molecule has 0 aliphatic heterocycles. The van der Waals surface area contributed by atoms with Crippen molar-refractivity contribution in [3.8, 4) is 57.3 Å². The molecule has 0 saturated carbocycles. The van der Waals surface area contributed by atoms with E-state index in [4.69, 9.17) is 23.7 Å². The standard InChI is InChI=1S/C31H24N4O6S/c1-38-21-11-9-20(10-12-21)35-29(31(37)41-34-35)27(36)18-42-30-25(17-32)23(16-26(33-30)19-7-5-4-6-8-19)24-15-22(39-2)13-14-28(24)40-3/h4-16H,18H2,1-3H3. The maximum atomic E-state index is 13.4. The molecule has 0 amide bonds. The average Bonchev–Trinajstić information content (AvgIpc) is 3.44. The van der Waals surface area contributed by atoms with E-state index in [2.05, 4.69) is 11.3 Å². The van der Waals surface area contributed by atoms with Gasteiger partial charge in [0.05, 0.1) is 43.6 Å². The summed E-state index contributed by atoms with van der Waals surface area (Å²) in [6, 6.07) is 25.5. The van der Waals surface area contributed by atoms with Gasteiger partial charge in [-0.3, -0.25) is 4.79 Å². The van der Waals surface area contributed by atoms with Crippen molar-refractivity contribution < 1.29 is 33.3 Å². The molecule has 0 atom stereocenters. The molecule has 0 saturated heterocycles. The molecule has 0 fully saturated rings. The smallest absolute Gasteiger partial charge is 0.307 e. The van der Waals surface area contributed by atoms with Gasteiger partial charge >= 0.3 is 5.69 Å². The van der Waals surface area contributed by atoms with Gasteiger partial charge in [-0.2, -0.15) is 5.26 Å². The number of hydrogen-bond acceptors (Lipinski definition) is 10. The summed E-state index contributed by atoms with van der Waals surface area (Å²) in [5, 5.41) is 26.9. The third kappa shape index (κ3) is 5.61. The molecule has 2 aromatic heterocycles. The van der Waals surface area contributed by atoms with Gasteiger partial charge in [-0.05, 0) is 41.1 Å². The number of nitriles is 1. The molecule has 42 heavy (non-hydrogen) atoms. The number of methoxy groups -OCH3 is 3. The number of carbonyl (C=O) groups is 1. The summed E-state index contributed by atoms with van der Waals surface area (Å²) in [4.78, 5) is 18.1. The van der Waals surface area contributed by atoms with Crippen LogP contribution in [0.4, 0.5) is 0 Å². The monoisotopic (exact) mass is 580 g/mol. The van der Waals surface area contributed by atoms with Crippen molar-refractivity contribution in [2.75, 3.05) is 27.1 Å². The number of rotatable bonds is 10. The van der Waals surface area contributed by atoms with Crippen LogP contribution in [-0.2, 0) is 0 Å². The van der Waals surface area contributed by atoms with Gasteiger partial charge in [0.15, 0.2) is 5.95 Å². The molecule has 0 aliphatic carbocycles. The Bertz CT molecular complexity index is 1780. The Morgan fingerprint density at radius 1 is 0.952 bits per heavy atom. The number of Topliss-reactive ketones (excluding diaryl/α,β-unsaturated/α-hetero) is 1. The van der Waals surface area contributed by atoms with Gasteiger partial charge in [0.1, 0.15) is 28.3 Å². The molecule has 2 heterocycles. The van der Waals surface area contributed by atoms with Crippen LogP contribution < -0.4 is 24.0 Å². The summed E-state index contributed by atoms with van der Waals surface area (Å²) in [7, 11) is 4.63. The molecule has 210 valence electrons. The van der Waals surface area contributed by atoms with Crippen LogP contribution in [0.15, 0.2) is 88.4 Å². The topological polar surface area (TPSA) is 134 Å². The predicted molar refractivity (Wildman–Crippen MR) is 152 cm³/mol. The predicted octanol–water partition coefficient (Wildman–Crippen LogP) is 4.63. The highest BCUT2D eigenvalue weighted by molar-refractivity contribution is 8.00. The number of ketones is 1. The summed E-state index contributed by atoms with van der Waals surface area (Å²) in [5.74, 6) is 0.0936. The van der Waals surface area contributed by atoms with Gasteiger partial charge in [0, 0.05) is 28.8 Å². The Balaban J connectivity index is 1.56. The second-order valence-corrected chi connectivity index (χ2v) is 9.77. The first kappa shape index (κ1) is 28.2. The summed E-state index contributed by atoms with van der Waals surface area (Å²) in [6.07, 6.45) is 0. The minimum absolute atomic E-state index is 0.207. The van der Waals surface area contributed by atoms with Crippen LogP contribution in [0.1, 0.15) is 16.1 Å². The van der Waals surface area contributed by atoms with Crippen LogP contribution in [0.25, 0.3) is 28.1 Å². The molecule has 0 N–H and O–H groups in total. The molecule has 0 aliphatic rings. The fourth-order valence-electron chi connectivity index (χ4n) is 4.31. The second-order valence-electron chi connectivity index (χ2n) is 8.81. The van der Waals surface area contributed by atoms with Crippen molar-refractivity contribution in [1.82, 2.24) is 10.3 Å². The summed E-state index contributed by atoms with van der Waals surface area (Å²) in [6.45, 7) is 0. The van der Waals surface area contributed by atoms with Crippen LogP contribution in [0.3, 0.4) is 0 Å². The van der Waals surface area contributed by atoms with Gasteiger partial charge in [0.2, 0.25) is 11.5 Å². The molecule has 0 radical (unpaired) electrons. The zero-order valence-electron chi connectivity index (χ0n) is 22.9. The number of thioether (sulfide) groups is 1. The van der Waals surface area contributed by atoms with E-state index in [1.54, 1.807) is 56.7 Å².